The average molecular weight is 328 g/mol. The fourth-order valence-electron chi connectivity index (χ4n) is 2.81. The van der Waals surface area contributed by atoms with Crippen LogP contribution in [-0.4, -0.2) is 30.2 Å². The normalized spacial score (nSPS) is 16.0. The first kappa shape index (κ1) is 16.1. The number of hydrogen-bond donors (Lipinski definition) is 1. The van der Waals surface area contributed by atoms with Crippen LogP contribution in [0.2, 0.25) is 0 Å². The van der Waals surface area contributed by atoms with Gasteiger partial charge in [-0.2, -0.15) is 0 Å². The van der Waals surface area contributed by atoms with Gasteiger partial charge in [0.2, 0.25) is 5.91 Å². The summed E-state index contributed by atoms with van der Waals surface area (Å²) in [4.78, 5) is 24.0. The molecule has 1 aromatic heterocycles. The molecule has 1 aromatic carbocycles. The second-order valence-electron chi connectivity index (χ2n) is 5.90. The Hall–Kier alpha value is -2.76. The van der Waals surface area contributed by atoms with E-state index >= 15 is 0 Å². The number of carbonyl (C=O) groups is 1. The maximum absolute atomic E-state index is 12.2. The standard InChI is InChI=1S/C18H20N2O4/c1-12-6-7-20(17(22)8-12)10-16(21)19-14-9-13-4-3-5-15(23-2)18(13)24-11-14/h3-8,14H,9-11H2,1-2H3,(H,19,21). The molecule has 1 unspecified atom stereocenters. The van der Waals surface area contributed by atoms with Crippen LogP contribution < -0.4 is 20.3 Å². The SMILES string of the molecule is COc1cccc2c1OCC(NC(=O)Cn1ccc(C)cc1=O)C2. The number of benzene rings is 1. The molecule has 1 aliphatic heterocycles. The molecule has 1 amide bonds. The minimum absolute atomic E-state index is 0.000577. The maximum atomic E-state index is 12.2. The molecule has 0 saturated heterocycles. The Labute approximate surface area is 140 Å². The van der Waals surface area contributed by atoms with Gasteiger partial charge in [0, 0.05) is 17.8 Å². The molecular weight excluding hydrogens is 308 g/mol. The lowest BCUT2D eigenvalue weighted by atomic mass is 10.0. The van der Waals surface area contributed by atoms with E-state index in [9.17, 15) is 9.59 Å². The number of para-hydroxylation sites is 1. The van der Waals surface area contributed by atoms with Crippen molar-refractivity contribution in [1.29, 1.82) is 0 Å². The molecule has 126 valence electrons. The Kier molecular flexibility index (Phi) is 4.55. The first-order chi connectivity index (χ1) is 11.6. The molecule has 24 heavy (non-hydrogen) atoms. The van der Waals surface area contributed by atoms with Crippen molar-refractivity contribution in [2.24, 2.45) is 0 Å². The Morgan fingerprint density at radius 2 is 2.25 bits per heavy atom. The monoisotopic (exact) mass is 328 g/mol. The van der Waals surface area contributed by atoms with Gasteiger partial charge in [-0.25, -0.2) is 0 Å². The lowest BCUT2D eigenvalue weighted by Crippen LogP contribution is -2.44. The molecule has 6 heteroatoms. The van der Waals surface area contributed by atoms with Crippen LogP contribution in [0.25, 0.3) is 0 Å². The van der Waals surface area contributed by atoms with Gasteiger partial charge in [0.1, 0.15) is 13.2 Å². The predicted molar refractivity (Wildman–Crippen MR) is 89.6 cm³/mol. The number of nitrogens with zero attached hydrogens (tertiary/aromatic N) is 1. The van der Waals surface area contributed by atoms with E-state index in [1.165, 1.54) is 10.6 Å². The first-order valence-electron chi connectivity index (χ1n) is 7.82. The zero-order valence-electron chi connectivity index (χ0n) is 13.7. The third-order valence-electron chi connectivity index (χ3n) is 4.01. The second-order valence-corrected chi connectivity index (χ2v) is 5.90. The molecule has 0 fully saturated rings. The Morgan fingerprint density at radius 3 is 3.00 bits per heavy atom. The van der Waals surface area contributed by atoms with Crippen molar-refractivity contribution in [3.63, 3.8) is 0 Å². The summed E-state index contributed by atoms with van der Waals surface area (Å²) in [6.45, 7) is 2.22. The number of ether oxygens (including phenoxy) is 2. The van der Waals surface area contributed by atoms with Crippen molar-refractivity contribution in [2.45, 2.75) is 25.9 Å². The van der Waals surface area contributed by atoms with Crippen LogP contribution in [0.5, 0.6) is 11.5 Å². The highest BCUT2D eigenvalue weighted by atomic mass is 16.5. The number of hydrogen-bond acceptors (Lipinski definition) is 4. The summed E-state index contributed by atoms with van der Waals surface area (Å²) < 4.78 is 12.4. The van der Waals surface area contributed by atoms with Crippen molar-refractivity contribution < 1.29 is 14.3 Å². The minimum atomic E-state index is -0.208. The molecule has 2 aromatic rings. The highest BCUT2D eigenvalue weighted by Crippen LogP contribution is 2.34. The fourth-order valence-corrected chi connectivity index (χ4v) is 2.81. The van der Waals surface area contributed by atoms with Gasteiger partial charge in [-0.05, 0) is 31.0 Å². The molecule has 1 aliphatic rings. The molecular formula is C18H20N2O4. The van der Waals surface area contributed by atoms with Gasteiger partial charge in [0.05, 0.1) is 13.2 Å². The van der Waals surface area contributed by atoms with Crippen LogP contribution in [-0.2, 0) is 17.8 Å². The summed E-state index contributed by atoms with van der Waals surface area (Å²) in [6, 6.07) is 8.90. The van der Waals surface area contributed by atoms with E-state index < -0.39 is 0 Å². The van der Waals surface area contributed by atoms with E-state index in [1.807, 2.05) is 25.1 Å². The molecule has 0 spiro atoms. The summed E-state index contributed by atoms with van der Waals surface area (Å²) in [5, 5.41) is 2.92. The molecule has 0 radical (unpaired) electrons. The summed E-state index contributed by atoms with van der Waals surface area (Å²) in [5.41, 5.74) is 1.70. The zero-order valence-corrected chi connectivity index (χ0v) is 13.7. The number of methoxy groups -OCH3 is 1. The number of aromatic nitrogens is 1. The molecule has 2 heterocycles. The highest BCUT2D eigenvalue weighted by Gasteiger charge is 2.23. The zero-order chi connectivity index (χ0) is 17.1. The Morgan fingerprint density at radius 1 is 1.42 bits per heavy atom. The molecule has 3 rings (SSSR count). The molecule has 1 N–H and O–H groups in total. The van der Waals surface area contributed by atoms with E-state index in [1.54, 1.807) is 19.4 Å². The van der Waals surface area contributed by atoms with Crippen LogP contribution in [0.4, 0.5) is 0 Å². The number of aryl methyl sites for hydroxylation is 1. The van der Waals surface area contributed by atoms with Gasteiger partial charge in [-0.3, -0.25) is 9.59 Å². The molecule has 0 saturated carbocycles. The van der Waals surface area contributed by atoms with E-state index in [4.69, 9.17) is 9.47 Å². The van der Waals surface area contributed by atoms with Gasteiger partial charge >= 0.3 is 0 Å². The van der Waals surface area contributed by atoms with Crippen molar-refractivity contribution in [1.82, 2.24) is 9.88 Å². The second kappa shape index (κ2) is 6.78. The quantitative estimate of drug-likeness (QED) is 0.918. The number of fused-ring (bicyclic) bond motifs is 1. The summed E-state index contributed by atoms with van der Waals surface area (Å²) in [6.07, 6.45) is 2.30. The first-order valence-corrected chi connectivity index (χ1v) is 7.82. The van der Waals surface area contributed by atoms with E-state index in [0.717, 1.165) is 16.9 Å². The number of rotatable bonds is 4. The topological polar surface area (TPSA) is 69.6 Å². The van der Waals surface area contributed by atoms with Crippen molar-refractivity contribution in [3.05, 3.63) is 58.0 Å². The van der Waals surface area contributed by atoms with Crippen molar-refractivity contribution >= 4 is 5.91 Å². The van der Waals surface area contributed by atoms with Crippen LogP contribution in [0.15, 0.2) is 41.3 Å². The summed E-state index contributed by atoms with van der Waals surface area (Å²) in [7, 11) is 1.60. The Bertz CT molecular complexity index is 813. The smallest absolute Gasteiger partial charge is 0.251 e. The third-order valence-corrected chi connectivity index (χ3v) is 4.01. The van der Waals surface area contributed by atoms with Crippen LogP contribution >= 0.6 is 0 Å². The number of carbonyl (C=O) groups excluding carboxylic acids is 1. The van der Waals surface area contributed by atoms with E-state index in [-0.39, 0.29) is 24.1 Å². The van der Waals surface area contributed by atoms with Gasteiger partial charge in [-0.1, -0.05) is 12.1 Å². The average Bonchev–Trinajstić information content (AvgIpc) is 2.56. The minimum Gasteiger partial charge on any atom is -0.493 e. The van der Waals surface area contributed by atoms with Crippen LogP contribution in [0.1, 0.15) is 11.1 Å². The summed E-state index contributed by atoms with van der Waals surface area (Å²) >= 11 is 0. The van der Waals surface area contributed by atoms with Crippen LogP contribution in [0, 0.1) is 6.92 Å². The van der Waals surface area contributed by atoms with Gasteiger partial charge < -0.3 is 19.4 Å². The van der Waals surface area contributed by atoms with Crippen LogP contribution in [0.3, 0.4) is 0 Å². The molecule has 6 nitrogen and oxygen atoms in total. The van der Waals surface area contributed by atoms with Crippen molar-refractivity contribution in [2.75, 3.05) is 13.7 Å². The van der Waals surface area contributed by atoms with E-state index in [0.29, 0.717) is 18.8 Å². The number of nitrogens with one attached hydrogen (secondary N) is 1. The van der Waals surface area contributed by atoms with Gasteiger partial charge in [0.15, 0.2) is 11.5 Å². The molecule has 0 aliphatic carbocycles. The molecule has 1 atom stereocenters. The third kappa shape index (κ3) is 3.42. The summed E-state index contributed by atoms with van der Waals surface area (Å²) in [5.74, 6) is 1.23. The number of pyridine rings is 1. The maximum Gasteiger partial charge on any atom is 0.251 e. The van der Waals surface area contributed by atoms with Crippen molar-refractivity contribution in [3.8, 4) is 11.5 Å². The van der Waals surface area contributed by atoms with Gasteiger partial charge in [-0.15, -0.1) is 0 Å². The van der Waals surface area contributed by atoms with Gasteiger partial charge in [0.25, 0.3) is 5.56 Å². The fraction of sp³-hybridized carbons (Fsp3) is 0.333. The predicted octanol–water partition coefficient (Wildman–Crippen LogP) is 1.29. The largest absolute Gasteiger partial charge is 0.493 e. The molecule has 0 bridgehead atoms. The lowest BCUT2D eigenvalue weighted by molar-refractivity contribution is -0.122. The van der Waals surface area contributed by atoms with E-state index in [2.05, 4.69) is 5.32 Å². The lowest BCUT2D eigenvalue weighted by Gasteiger charge is -2.27. The number of amides is 1. The highest BCUT2D eigenvalue weighted by molar-refractivity contribution is 5.76. The Balaban J connectivity index is 1.64.